The molecule has 0 spiro atoms. The second kappa shape index (κ2) is 6.58. The Labute approximate surface area is 127 Å². The number of likely N-dealkylation sites (tertiary alicyclic amines) is 1. The highest BCUT2D eigenvalue weighted by molar-refractivity contribution is 5.94. The number of carbonyl (C=O) groups excluding carboxylic acids is 1. The second-order valence-corrected chi connectivity index (χ2v) is 6.55. The summed E-state index contributed by atoms with van der Waals surface area (Å²) in [5.41, 5.74) is 0.825. The third-order valence-electron chi connectivity index (χ3n) is 5.13. The molecule has 0 saturated carbocycles. The summed E-state index contributed by atoms with van der Waals surface area (Å²) in [6, 6.07) is 10.4. The highest BCUT2D eigenvalue weighted by Gasteiger charge is 2.32. The van der Waals surface area contributed by atoms with Crippen molar-refractivity contribution in [3.8, 4) is 0 Å². The van der Waals surface area contributed by atoms with E-state index in [1.807, 2.05) is 35.2 Å². The molecule has 2 aliphatic rings. The Morgan fingerprint density at radius 1 is 1.05 bits per heavy atom. The molecule has 0 unspecified atom stereocenters. The number of piperidine rings is 1. The van der Waals surface area contributed by atoms with E-state index in [2.05, 4.69) is 7.05 Å². The van der Waals surface area contributed by atoms with Crippen LogP contribution in [0.25, 0.3) is 0 Å². The van der Waals surface area contributed by atoms with E-state index in [1.165, 1.54) is 26.2 Å². The molecule has 0 bridgehead atoms. The number of nitrogens with zero attached hydrogens (tertiary/aromatic N) is 1. The van der Waals surface area contributed by atoms with E-state index >= 15 is 0 Å². The zero-order chi connectivity index (χ0) is 14.7. The van der Waals surface area contributed by atoms with Gasteiger partial charge in [0.05, 0.1) is 13.1 Å². The predicted octanol–water partition coefficient (Wildman–Crippen LogP) is -1.30. The molecule has 4 heteroatoms. The summed E-state index contributed by atoms with van der Waals surface area (Å²) >= 11 is 0. The van der Waals surface area contributed by atoms with Gasteiger partial charge in [-0.1, -0.05) is 18.2 Å². The summed E-state index contributed by atoms with van der Waals surface area (Å²) in [7, 11) is 2.29. The number of likely N-dealkylation sites (N-methyl/N-ethyl adjacent to an activating group) is 1. The minimum absolute atomic E-state index is 0.201. The first-order chi connectivity index (χ1) is 10.2. The molecule has 2 N–H and O–H groups in total. The summed E-state index contributed by atoms with van der Waals surface area (Å²) in [5.74, 6) is 0.201. The van der Waals surface area contributed by atoms with Crippen molar-refractivity contribution in [3.05, 3.63) is 35.9 Å². The SMILES string of the molecule is C[NH+]1CC[NH+](C2CCN(C(=O)c3ccccc3)CC2)CC1. The minimum Gasteiger partial charge on any atom is -0.338 e. The summed E-state index contributed by atoms with van der Waals surface area (Å²) in [6.07, 6.45) is 2.32. The van der Waals surface area contributed by atoms with Crippen LogP contribution in [0.2, 0.25) is 0 Å². The van der Waals surface area contributed by atoms with Crippen LogP contribution in [0, 0.1) is 0 Å². The lowest BCUT2D eigenvalue weighted by atomic mass is 10.0. The number of hydrogen-bond donors (Lipinski definition) is 2. The second-order valence-electron chi connectivity index (χ2n) is 6.55. The monoisotopic (exact) mass is 289 g/mol. The third-order valence-corrected chi connectivity index (χ3v) is 5.13. The normalized spacial score (nSPS) is 27.6. The molecule has 2 heterocycles. The number of hydrogen-bond acceptors (Lipinski definition) is 1. The molecule has 0 aliphatic carbocycles. The van der Waals surface area contributed by atoms with Gasteiger partial charge in [0.15, 0.2) is 0 Å². The molecule has 2 saturated heterocycles. The van der Waals surface area contributed by atoms with Gasteiger partial charge in [0.1, 0.15) is 26.2 Å². The number of nitrogens with one attached hydrogen (secondary N) is 2. The van der Waals surface area contributed by atoms with E-state index < -0.39 is 0 Å². The van der Waals surface area contributed by atoms with Crippen LogP contribution in [-0.2, 0) is 0 Å². The van der Waals surface area contributed by atoms with Crippen molar-refractivity contribution in [2.24, 2.45) is 0 Å². The van der Waals surface area contributed by atoms with Crippen LogP contribution >= 0.6 is 0 Å². The predicted molar refractivity (Wildman–Crippen MR) is 82.7 cm³/mol. The van der Waals surface area contributed by atoms with Gasteiger partial charge in [0.2, 0.25) is 0 Å². The minimum atomic E-state index is 0.201. The molecule has 3 rings (SSSR count). The third kappa shape index (κ3) is 3.44. The molecule has 0 radical (unpaired) electrons. The van der Waals surface area contributed by atoms with Crippen LogP contribution < -0.4 is 9.80 Å². The summed E-state index contributed by atoms with van der Waals surface area (Å²) in [6.45, 7) is 7.01. The standard InChI is InChI=1S/C17H25N3O/c1-18-11-13-19(14-12-18)16-7-9-20(10-8-16)17(21)15-5-3-2-4-6-15/h2-6,16H,7-14H2,1H3/p+2. The highest BCUT2D eigenvalue weighted by Crippen LogP contribution is 2.12. The van der Waals surface area contributed by atoms with Crippen molar-refractivity contribution in [3.63, 3.8) is 0 Å². The van der Waals surface area contributed by atoms with Crippen molar-refractivity contribution in [2.75, 3.05) is 46.3 Å². The quantitative estimate of drug-likeness (QED) is 0.697. The van der Waals surface area contributed by atoms with E-state index in [1.54, 1.807) is 9.80 Å². The fourth-order valence-corrected chi connectivity index (χ4v) is 3.66. The van der Waals surface area contributed by atoms with Gasteiger partial charge in [0, 0.05) is 31.5 Å². The van der Waals surface area contributed by atoms with Crippen LogP contribution in [0.1, 0.15) is 23.2 Å². The van der Waals surface area contributed by atoms with Gasteiger partial charge in [-0.3, -0.25) is 4.79 Å². The van der Waals surface area contributed by atoms with Gasteiger partial charge in [-0.15, -0.1) is 0 Å². The zero-order valence-corrected chi connectivity index (χ0v) is 13.0. The van der Waals surface area contributed by atoms with Gasteiger partial charge in [-0.05, 0) is 12.1 Å². The molecule has 1 amide bonds. The Bertz CT molecular complexity index is 460. The molecular weight excluding hydrogens is 262 g/mol. The molecule has 4 nitrogen and oxygen atoms in total. The molecule has 1 aromatic rings. The largest absolute Gasteiger partial charge is 0.338 e. The number of quaternary nitrogens is 2. The molecule has 0 atom stereocenters. The topological polar surface area (TPSA) is 29.2 Å². The van der Waals surface area contributed by atoms with E-state index in [9.17, 15) is 4.79 Å². The smallest absolute Gasteiger partial charge is 0.253 e. The first-order valence-corrected chi connectivity index (χ1v) is 8.24. The van der Waals surface area contributed by atoms with Crippen LogP contribution in [0.5, 0.6) is 0 Å². The van der Waals surface area contributed by atoms with Crippen LogP contribution in [0.15, 0.2) is 30.3 Å². The first-order valence-electron chi connectivity index (χ1n) is 8.24. The van der Waals surface area contributed by atoms with Crippen molar-refractivity contribution in [1.82, 2.24) is 4.90 Å². The molecule has 2 aliphatic heterocycles. The zero-order valence-electron chi connectivity index (χ0n) is 13.0. The fraction of sp³-hybridized carbons (Fsp3) is 0.588. The molecule has 114 valence electrons. The van der Waals surface area contributed by atoms with Crippen molar-refractivity contribution in [1.29, 1.82) is 0 Å². The Hall–Kier alpha value is -1.39. The molecule has 2 fully saturated rings. The average molecular weight is 289 g/mol. The number of carbonyl (C=O) groups is 1. The average Bonchev–Trinajstić information content (AvgIpc) is 2.56. The summed E-state index contributed by atoms with van der Waals surface area (Å²) in [4.78, 5) is 17.9. The van der Waals surface area contributed by atoms with E-state index in [-0.39, 0.29) is 5.91 Å². The maximum Gasteiger partial charge on any atom is 0.253 e. The van der Waals surface area contributed by atoms with Gasteiger partial charge in [0.25, 0.3) is 5.91 Å². The molecule has 0 aromatic heterocycles. The Kier molecular flexibility index (Phi) is 4.56. The van der Waals surface area contributed by atoms with Crippen LogP contribution in [-0.4, -0.2) is 63.2 Å². The van der Waals surface area contributed by atoms with Crippen molar-refractivity contribution < 1.29 is 14.6 Å². The van der Waals surface area contributed by atoms with Gasteiger partial charge < -0.3 is 14.7 Å². The summed E-state index contributed by atoms with van der Waals surface area (Å²) < 4.78 is 0. The van der Waals surface area contributed by atoms with E-state index in [0.717, 1.165) is 37.5 Å². The fourth-order valence-electron chi connectivity index (χ4n) is 3.66. The number of piperazine rings is 1. The lowest BCUT2D eigenvalue weighted by Crippen LogP contribution is -3.28. The lowest BCUT2D eigenvalue weighted by Gasteiger charge is -2.38. The summed E-state index contributed by atoms with van der Waals surface area (Å²) in [5, 5.41) is 0. The lowest BCUT2D eigenvalue weighted by molar-refractivity contribution is -1.02. The van der Waals surface area contributed by atoms with Crippen molar-refractivity contribution in [2.45, 2.75) is 18.9 Å². The van der Waals surface area contributed by atoms with Crippen LogP contribution in [0.4, 0.5) is 0 Å². The van der Waals surface area contributed by atoms with Gasteiger partial charge >= 0.3 is 0 Å². The Morgan fingerprint density at radius 2 is 1.67 bits per heavy atom. The molecule has 1 aromatic carbocycles. The maximum atomic E-state index is 12.4. The molecular formula is C17H27N3O+2. The Balaban J connectivity index is 1.52. The van der Waals surface area contributed by atoms with Gasteiger partial charge in [-0.25, -0.2) is 0 Å². The van der Waals surface area contributed by atoms with Crippen molar-refractivity contribution >= 4 is 5.91 Å². The van der Waals surface area contributed by atoms with E-state index in [0.29, 0.717) is 0 Å². The number of benzene rings is 1. The highest BCUT2D eigenvalue weighted by atomic mass is 16.2. The number of amides is 1. The Morgan fingerprint density at radius 3 is 2.29 bits per heavy atom. The maximum absolute atomic E-state index is 12.4. The van der Waals surface area contributed by atoms with E-state index in [4.69, 9.17) is 0 Å². The first kappa shape index (κ1) is 14.5. The van der Waals surface area contributed by atoms with Crippen LogP contribution in [0.3, 0.4) is 0 Å². The van der Waals surface area contributed by atoms with Gasteiger partial charge in [-0.2, -0.15) is 0 Å². The molecule has 21 heavy (non-hydrogen) atoms. The number of rotatable bonds is 2.